The average molecular weight is 373 g/mol. The maximum atomic E-state index is 14.9. The Kier molecular flexibility index (Phi) is 4.24. The Bertz CT molecular complexity index is 1100. The van der Waals surface area contributed by atoms with E-state index >= 15 is 0 Å². The molecule has 5 rings (SSSR count). The van der Waals surface area contributed by atoms with Crippen LogP contribution in [0.15, 0.2) is 60.9 Å². The van der Waals surface area contributed by atoms with Crippen molar-refractivity contribution in [2.45, 2.75) is 19.3 Å². The van der Waals surface area contributed by atoms with Gasteiger partial charge in [0.1, 0.15) is 11.6 Å². The van der Waals surface area contributed by atoms with Crippen LogP contribution in [0.5, 0.6) is 0 Å². The first-order valence-corrected chi connectivity index (χ1v) is 9.57. The number of aromatic nitrogens is 4. The van der Waals surface area contributed by atoms with Crippen LogP contribution in [0, 0.1) is 5.82 Å². The Balaban J connectivity index is 1.66. The fourth-order valence-electron chi connectivity index (χ4n) is 3.78. The first kappa shape index (κ1) is 16.9. The van der Waals surface area contributed by atoms with Gasteiger partial charge in [0.25, 0.3) is 5.95 Å². The van der Waals surface area contributed by atoms with E-state index in [2.05, 4.69) is 15.0 Å². The van der Waals surface area contributed by atoms with Gasteiger partial charge >= 0.3 is 0 Å². The van der Waals surface area contributed by atoms with Gasteiger partial charge < -0.3 is 4.90 Å². The molecule has 5 nitrogen and oxygen atoms in total. The summed E-state index contributed by atoms with van der Waals surface area (Å²) in [5, 5.41) is 5.13. The summed E-state index contributed by atoms with van der Waals surface area (Å²) in [7, 11) is 0. The lowest BCUT2D eigenvalue weighted by Gasteiger charge is -2.20. The molecule has 1 saturated heterocycles. The number of hydrogen-bond donors (Lipinski definition) is 0. The third kappa shape index (κ3) is 3.11. The summed E-state index contributed by atoms with van der Waals surface area (Å²) in [4.78, 5) is 11.6. The van der Waals surface area contributed by atoms with E-state index in [9.17, 15) is 4.39 Å². The van der Waals surface area contributed by atoms with Gasteiger partial charge in [0.05, 0.1) is 5.52 Å². The highest BCUT2D eigenvalue weighted by Crippen LogP contribution is 2.30. The van der Waals surface area contributed by atoms with E-state index in [4.69, 9.17) is 4.98 Å². The van der Waals surface area contributed by atoms with Gasteiger partial charge in [-0.1, -0.05) is 30.3 Å². The number of halogens is 1. The number of hydrogen-bond acceptors (Lipinski definition) is 4. The monoisotopic (exact) mass is 373 g/mol. The Labute approximate surface area is 162 Å². The summed E-state index contributed by atoms with van der Waals surface area (Å²) in [6, 6.07) is 15.2. The van der Waals surface area contributed by atoms with Crippen LogP contribution in [-0.2, 0) is 6.42 Å². The predicted octanol–water partition coefficient (Wildman–Crippen LogP) is 4.15. The molecular weight excluding hydrogens is 353 g/mol. The minimum Gasteiger partial charge on any atom is -0.356 e. The summed E-state index contributed by atoms with van der Waals surface area (Å²) >= 11 is 0. The molecule has 0 amide bonds. The van der Waals surface area contributed by atoms with Gasteiger partial charge in [-0.3, -0.25) is 0 Å². The van der Waals surface area contributed by atoms with Crippen molar-refractivity contribution in [2.75, 3.05) is 18.0 Å². The van der Waals surface area contributed by atoms with Crippen LogP contribution in [0.1, 0.15) is 24.0 Å². The predicted molar refractivity (Wildman–Crippen MR) is 107 cm³/mol. The first-order chi connectivity index (χ1) is 13.8. The van der Waals surface area contributed by atoms with Crippen LogP contribution in [0.25, 0.3) is 16.9 Å². The summed E-state index contributed by atoms with van der Waals surface area (Å²) in [5.74, 6) is 1.09. The minimum atomic E-state index is -0.242. The van der Waals surface area contributed by atoms with E-state index in [1.165, 1.54) is 6.07 Å². The number of fused-ring (bicyclic) bond motifs is 1. The quantitative estimate of drug-likeness (QED) is 0.539. The van der Waals surface area contributed by atoms with Gasteiger partial charge in [-0.15, -0.1) is 0 Å². The standard InChI is InChI=1S/C22H20FN5/c23-19-15-20-18(14-17(19)13-16-7-2-1-3-8-16)21(27-10-4-5-11-27)26-22(25-20)28-12-6-9-24-28/h1-3,6-9,12,14-15H,4-5,10-11,13H2. The third-order valence-electron chi connectivity index (χ3n) is 5.18. The van der Waals surface area contributed by atoms with Crippen molar-refractivity contribution in [1.29, 1.82) is 0 Å². The summed E-state index contributed by atoms with van der Waals surface area (Å²) in [6.45, 7) is 1.91. The lowest BCUT2D eigenvalue weighted by atomic mass is 10.0. The van der Waals surface area contributed by atoms with Crippen LogP contribution >= 0.6 is 0 Å². The molecule has 0 saturated carbocycles. The van der Waals surface area contributed by atoms with Crippen molar-refractivity contribution >= 4 is 16.7 Å². The van der Waals surface area contributed by atoms with E-state index in [-0.39, 0.29) is 5.82 Å². The van der Waals surface area contributed by atoms with Crippen LogP contribution in [0.4, 0.5) is 10.2 Å². The zero-order valence-corrected chi connectivity index (χ0v) is 15.4. The molecule has 1 aliphatic heterocycles. The van der Waals surface area contributed by atoms with Gasteiger partial charge in [-0.05, 0) is 36.1 Å². The van der Waals surface area contributed by atoms with E-state index in [0.29, 0.717) is 23.4 Å². The topological polar surface area (TPSA) is 46.8 Å². The van der Waals surface area contributed by atoms with Crippen molar-refractivity contribution in [2.24, 2.45) is 0 Å². The van der Waals surface area contributed by atoms with Crippen molar-refractivity contribution in [3.05, 3.63) is 77.9 Å². The van der Waals surface area contributed by atoms with Crippen molar-refractivity contribution in [3.8, 4) is 5.95 Å². The molecule has 1 fully saturated rings. The molecule has 0 N–H and O–H groups in total. The largest absolute Gasteiger partial charge is 0.356 e. The number of rotatable bonds is 4. The highest BCUT2D eigenvalue weighted by molar-refractivity contribution is 5.91. The molecule has 0 bridgehead atoms. The maximum absolute atomic E-state index is 14.9. The summed E-state index contributed by atoms with van der Waals surface area (Å²) in [5.41, 5.74) is 2.35. The molecule has 0 spiro atoms. The van der Waals surface area contributed by atoms with E-state index in [1.54, 1.807) is 17.1 Å². The second kappa shape index (κ2) is 7.03. The molecule has 4 aromatic rings. The molecule has 0 radical (unpaired) electrons. The Morgan fingerprint density at radius 1 is 0.964 bits per heavy atom. The fraction of sp³-hybridized carbons (Fsp3) is 0.227. The van der Waals surface area contributed by atoms with Crippen LogP contribution in [0.3, 0.4) is 0 Å². The van der Waals surface area contributed by atoms with Crippen LogP contribution in [-0.4, -0.2) is 32.8 Å². The number of anilines is 1. The molecule has 2 aromatic heterocycles. The molecule has 0 atom stereocenters. The zero-order chi connectivity index (χ0) is 18.9. The average Bonchev–Trinajstić information content (AvgIpc) is 3.43. The van der Waals surface area contributed by atoms with Crippen LogP contribution < -0.4 is 4.90 Å². The maximum Gasteiger partial charge on any atom is 0.253 e. The molecular formula is C22H20FN5. The Morgan fingerprint density at radius 2 is 1.79 bits per heavy atom. The van der Waals surface area contributed by atoms with Crippen molar-refractivity contribution < 1.29 is 4.39 Å². The van der Waals surface area contributed by atoms with E-state index in [0.717, 1.165) is 42.7 Å². The van der Waals surface area contributed by atoms with Crippen molar-refractivity contribution in [3.63, 3.8) is 0 Å². The zero-order valence-electron chi connectivity index (χ0n) is 15.4. The Hall–Kier alpha value is -3.28. The Morgan fingerprint density at radius 3 is 2.54 bits per heavy atom. The minimum absolute atomic E-state index is 0.242. The smallest absolute Gasteiger partial charge is 0.253 e. The second-order valence-electron chi connectivity index (χ2n) is 7.12. The van der Waals surface area contributed by atoms with Crippen LogP contribution in [0.2, 0.25) is 0 Å². The van der Waals surface area contributed by atoms with Gasteiger partial charge in [0, 0.05) is 43.4 Å². The number of benzene rings is 2. The molecule has 28 heavy (non-hydrogen) atoms. The lowest BCUT2D eigenvalue weighted by Crippen LogP contribution is -2.21. The molecule has 2 aromatic carbocycles. The van der Waals surface area contributed by atoms with E-state index in [1.807, 2.05) is 42.5 Å². The van der Waals surface area contributed by atoms with Crippen molar-refractivity contribution in [1.82, 2.24) is 19.7 Å². The van der Waals surface area contributed by atoms with Gasteiger partial charge in [-0.25, -0.2) is 14.1 Å². The fourth-order valence-corrected chi connectivity index (χ4v) is 3.78. The molecule has 140 valence electrons. The highest BCUT2D eigenvalue weighted by atomic mass is 19.1. The second-order valence-corrected chi connectivity index (χ2v) is 7.12. The van der Waals surface area contributed by atoms with E-state index < -0.39 is 0 Å². The van der Waals surface area contributed by atoms with Gasteiger partial charge in [-0.2, -0.15) is 10.1 Å². The molecule has 6 heteroatoms. The first-order valence-electron chi connectivity index (χ1n) is 9.57. The normalized spacial score (nSPS) is 14.1. The SMILES string of the molecule is Fc1cc2nc(-n3cccn3)nc(N3CCCC3)c2cc1Cc1ccccc1. The van der Waals surface area contributed by atoms with Gasteiger partial charge in [0.15, 0.2) is 0 Å². The third-order valence-corrected chi connectivity index (χ3v) is 5.18. The number of nitrogens with zero attached hydrogens (tertiary/aromatic N) is 5. The molecule has 0 unspecified atom stereocenters. The summed E-state index contributed by atoms with van der Waals surface area (Å²) in [6.07, 6.45) is 6.31. The highest BCUT2D eigenvalue weighted by Gasteiger charge is 2.20. The van der Waals surface area contributed by atoms with Gasteiger partial charge in [0.2, 0.25) is 0 Å². The lowest BCUT2D eigenvalue weighted by molar-refractivity contribution is 0.615. The summed E-state index contributed by atoms with van der Waals surface area (Å²) < 4.78 is 16.5. The molecule has 1 aliphatic rings. The molecule has 0 aliphatic carbocycles. The molecule has 3 heterocycles.